The third kappa shape index (κ3) is 3.86. The van der Waals surface area contributed by atoms with Gasteiger partial charge in [-0.25, -0.2) is 0 Å². The van der Waals surface area contributed by atoms with E-state index < -0.39 is 0 Å². The van der Waals surface area contributed by atoms with Crippen LogP contribution in [0.3, 0.4) is 0 Å². The molecule has 0 amide bonds. The summed E-state index contributed by atoms with van der Waals surface area (Å²) < 4.78 is 5.31. The van der Waals surface area contributed by atoms with Crippen LogP contribution in [-0.2, 0) is 6.54 Å². The van der Waals surface area contributed by atoms with Crippen LogP contribution in [0.15, 0.2) is 35.1 Å². The topological polar surface area (TPSA) is 54.1 Å². The fraction of sp³-hybridized carbons (Fsp3) is 0.312. The summed E-state index contributed by atoms with van der Waals surface area (Å²) in [6.45, 7) is 4.62. The summed E-state index contributed by atoms with van der Waals surface area (Å²) in [6, 6.07) is 9.33. The number of aromatic nitrogens is 1. The van der Waals surface area contributed by atoms with E-state index in [1.807, 2.05) is 26.0 Å². The molecule has 2 rings (SSSR count). The summed E-state index contributed by atoms with van der Waals surface area (Å²) in [5, 5.41) is 3.82. The lowest BCUT2D eigenvalue weighted by Crippen LogP contribution is -2.26. The van der Waals surface area contributed by atoms with E-state index in [1.165, 1.54) is 0 Å². The summed E-state index contributed by atoms with van der Waals surface area (Å²) >= 11 is 6.02. The van der Waals surface area contributed by atoms with Crippen LogP contribution in [0, 0.1) is 0 Å². The molecule has 0 aliphatic carbocycles. The van der Waals surface area contributed by atoms with Gasteiger partial charge in [0.05, 0.1) is 12.8 Å². The molecular weight excluding hydrogens is 288 g/mol. The first-order chi connectivity index (χ1) is 10.0. The number of benzene rings is 1. The molecule has 0 atom stereocenters. The van der Waals surface area contributed by atoms with Gasteiger partial charge in [-0.3, -0.25) is 4.79 Å². The largest absolute Gasteiger partial charge is 0.496 e. The zero-order valence-electron chi connectivity index (χ0n) is 12.4. The number of halogens is 1. The number of nitrogens with one attached hydrogen (secondary N) is 2. The van der Waals surface area contributed by atoms with E-state index in [4.69, 9.17) is 16.3 Å². The maximum atomic E-state index is 12.1. The molecule has 5 heteroatoms. The predicted molar refractivity (Wildman–Crippen MR) is 86.0 cm³/mol. The van der Waals surface area contributed by atoms with Crippen LogP contribution in [-0.4, -0.2) is 18.1 Å². The molecule has 0 unspecified atom stereocenters. The first-order valence-corrected chi connectivity index (χ1v) is 7.18. The average molecular weight is 307 g/mol. The molecule has 0 fully saturated rings. The molecule has 0 radical (unpaired) electrons. The van der Waals surface area contributed by atoms with Gasteiger partial charge in [0, 0.05) is 28.7 Å². The monoisotopic (exact) mass is 306 g/mol. The molecule has 112 valence electrons. The van der Waals surface area contributed by atoms with E-state index in [1.54, 1.807) is 25.3 Å². The number of ether oxygens (including phenoxy) is 1. The van der Waals surface area contributed by atoms with Crippen LogP contribution >= 0.6 is 11.6 Å². The summed E-state index contributed by atoms with van der Waals surface area (Å²) in [4.78, 5) is 15.0. The van der Waals surface area contributed by atoms with Gasteiger partial charge in [-0.15, -0.1) is 0 Å². The maximum Gasteiger partial charge on any atom is 0.252 e. The Kier molecular flexibility index (Phi) is 5.04. The van der Waals surface area contributed by atoms with Gasteiger partial charge in [0.2, 0.25) is 0 Å². The highest BCUT2D eigenvalue weighted by molar-refractivity contribution is 6.30. The highest BCUT2D eigenvalue weighted by Gasteiger charge is 2.09. The summed E-state index contributed by atoms with van der Waals surface area (Å²) in [5.74, 6) is 0.670. The Morgan fingerprint density at radius 2 is 2.05 bits per heavy atom. The standard InChI is InChI=1S/C16H19ClN2O2/c1-10(2)18-9-11-4-6-14(19-16(11)20)13-8-12(17)5-7-15(13)21-3/h4-8,10,18H,9H2,1-3H3,(H,19,20). The van der Waals surface area contributed by atoms with Crippen molar-refractivity contribution in [3.63, 3.8) is 0 Å². The number of H-pyrrole nitrogens is 1. The zero-order valence-corrected chi connectivity index (χ0v) is 13.1. The smallest absolute Gasteiger partial charge is 0.252 e. The normalized spacial score (nSPS) is 10.9. The molecule has 2 aromatic rings. The Labute approximate surface area is 129 Å². The fourth-order valence-electron chi connectivity index (χ4n) is 2.00. The third-order valence-electron chi connectivity index (χ3n) is 3.14. The lowest BCUT2D eigenvalue weighted by atomic mass is 10.1. The Hall–Kier alpha value is -1.78. The lowest BCUT2D eigenvalue weighted by Gasteiger charge is -2.11. The molecule has 0 spiro atoms. The van der Waals surface area contributed by atoms with E-state index >= 15 is 0 Å². The van der Waals surface area contributed by atoms with Crippen molar-refractivity contribution < 1.29 is 4.74 Å². The molecule has 2 N–H and O–H groups in total. The fourth-order valence-corrected chi connectivity index (χ4v) is 2.18. The van der Waals surface area contributed by atoms with Crippen LogP contribution in [0.5, 0.6) is 5.75 Å². The number of hydrogen-bond acceptors (Lipinski definition) is 3. The SMILES string of the molecule is COc1ccc(Cl)cc1-c1ccc(CNC(C)C)c(=O)[nH]1. The zero-order chi connectivity index (χ0) is 15.4. The number of methoxy groups -OCH3 is 1. The Morgan fingerprint density at radius 3 is 2.67 bits per heavy atom. The quantitative estimate of drug-likeness (QED) is 0.892. The maximum absolute atomic E-state index is 12.1. The molecule has 1 heterocycles. The second kappa shape index (κ2) is 6.78. The number of rotatable bonds is 5. The van der Waals surface area contributed by atoms with E-state index in [0.29, 0.717) is 34.6 Å². The van der Waals surface area contributed by atoms with Crippen molar-refractivity contribution in [1.29, 1.82) is 0 Å². The summed E-state index contributed by atoms with van der Waals surface area (Å²) in [5.41, 5.74) is 2.05. The van der Waals surface area contributed by atoms with E-state index in [0.717, 1.165) is 5.56 Å². The average Bonchev–Trinajstić information content (AvgIpc) is 2.45. The van der Waals surface area contributed by atoms with Gasteiger partial charge in [-0.05, 0) is 24.3 Å². The highest BCUT2D eigenvalue weighted by atomic mass is 35.5. The second-order valence-corrected chi connectivity index (χ2v) is 5.54. The third-order valence-corrected chi connectivity index (χ3v) is 3.38. The van der Waals surface area contributed by atoms with Crippen molar-refractivity contribution in [1.82, 2.24) is 10.3 Å². The minimum atomic E-state index is -0.109. The highest BCUT2D eigenvalue weighted by Crippen LogP contribution is 2.30. The Bertz CT molecular complexity index is 680. The van der Waals surface area contributed by atoms with Crippen LogP contribution in [0.1, 0.15) is 19.4 Å². The second-order valence-electron chi connectivity index (χ2n) is 5.11. The number of pyridine rings is 1. The van der Waals surface area contributed by atoms with Gasteiger partial charge >= 0.3 is 0 Å². The van der Waals surface area contributed by atoms with Crippen molar-refractivity contribution in [2.75, 3.05) is 7.11 Å². The van der Waals surface area contributed by atoms with Crippen LogP contribution in [0.4, 0.5) is 0 Å². The van der Waals surface area contributed by atoms with Gasteiger partial charge in [0.15, 0.2) is 0 Å². The lowest BCUT2D eigenvalue weighted by molar-refractivity contribution is 0.416. The van der Waals surface area contributed by atoms with E-state index in [9.17, 15) is 4.79 Å². The molecule has 0 aliphatic rings. The van der Waals surface area contributed by atoms with E-state index in [-0.39, 0.29) is 5.56 Å². The number of hydrogen-bond donors (Lipinski definition) is 2. The molecular formula is C16H19ClN2O2. The number of aromatic amines is 1. The van der Waals surface area contributed by atoms with Gasteiger partial charge < -0.3 is 15.0 Å². The molecule has 0 aliphatic heterocycles. The molecule has 1 aromatic carbocycles. The first-order valence-electron chi connectivity index (χ1n) is 6.80. The van der Waals surface area contributed by atoms with Gasteiger partial charge in [0.1, 0.15) is 5.75 Å². The molecule has 0 saturated heterocycles. The van der Waals surface area contributed by atoms with Crippen molar-refractivity contribution >= 4 is 11.6 Å². The molecule has 21 heavy (non-hydrogen) atoms. The van der Waals surface area contributed by atoms with Crippen molar-refractivity contribution in [3.05, 3.63) is 51.3 Å². The van der Waals surface area contributed by atoms with Crippen LogP contribution in [0.25, 0.3) is 11.3 Å². The van der Waals surface area contributed by atoms with E-state index in [2.05, 4.69) is 10.3 Å². The predicted octanol–water partition coefficient (Wildman–Crippen LogP) is 3.20. The van der Waals surface area contributed by atoms with Gasteiger partial charge in [-0.2, -0.15) is 0 Å². The van der Waals surface area contributed by atoms with Gasteiger partial charge in [-0.1, -0.05) is 31.5 Å². The molecule has 4 nitrogen and oxygen atoms in total. The van der Waals surface area contributed by atoms with Crippen molar-refractivity contribution in [3.8, 4) is 17.0 Å². The van der Waals surface area contributed by atoms with Gasteiger partial charge in [0.25, 0.3) is 5.56 Å². The molecule has 0 saturated carbocycles. The molecule has 0 bridgehead atoms. The summed E-state index contributed by atoms with van der Waals surface area (Å²) in [7, 11) is 1.59. The van der Waals surface area contributed by atoms with Crippen LogP contribution < -0.4 is 15.6 Å². The molecule has 1 aromatic heterocycles. The minimum Gasteiger partial charge on any atom is -0.496 e. The van der Waals surface area contributed by atoms with Crippen molar-refractivity contribution in [2.45, 2.75) is 26.4 Å². The summed E-state index contributed by atoms with van der Waals surface area (Å²) in [6.07, 6.45) is 0. The Morgan fingerprint density at radius 1 is 1.29 bits per heavy atom. The minimum absolute atomic E-state index is 0.109. The van der Waals surface area contributed by atoms with Crippen LogP contribution in [0.2, 0.25) is 5.02 Å². The Balaban J connectivity index is 2.36. The first kappa shape index (κ1) is 15.6. The van der Waals surface area contributed by atoms with Crippen molar-refractivity contribution in [2.24, 2.45) is 0 Å².